The first-order chi connectivity index (χ1) is 7.56. The molecular weight excluding hydrogens is 325 g/mol. The Morgan fingerprint density at radius 3 is 2.71 bits per heavy atom. The minimum absolute atomic E-state index is 0. The molecule has 0 fully saturated rings. The van der Waals surface area contributed by atoms with Gasteiger partial charge < -0.3 is 10.8 Å². The quantitative estimate of drug-likeness (QED) is 0.847. The fraction of sp³-hybridized carbons (Fsp3) is 0.500. The van der Waals surface area contributed by atoms with Crippen LogP contribution in [0.4, 0.5) is 0 Å². The van der Waals surface area contributed by atoms with E-state index in [0.29, 0.717) is 11.4 Å². The normalized spacial score (nSPS) is 13.9. The first-order valence-electron chi connectivity index (χ1n) is 5.44. The summed E-state index contributed by atoms with van der Waals surface area (Å²) in [5.41, 5.74) is 6.79. The van der Waals surface area contributed by atoms with E-state index in [0.717, 1.165) is 22.9 Å². The predicted octanol–water partition coefficient (Wildman–Crippen LogP) is 4.08. The van der Waals surface area contributed by atoms with Crippen molar-refractivity contribution < 1.29 is 5.11 Å². The molecule has 0 saturated carbocycles. The second-order valence-corrected chi connectivity index (χ2v) is 5.22. The van der Waals surface area contributed by atoms with E-state index in [9.17, 15) is 5.11 Å². The van der Waals surface area contributed by atoms with E-state index in [1.807, 2.05) is 12.1 Å². The fourth-order valence-corrected chi connectivity index (χ4v) is 2.19. The van der Waals surface area contributed by atoms with Crippen LogP contribution in [0.25, 0.3) is 0 Å². The van der Waals surface area contributed by atoms with Crippen molar-refractivity contribution in [3.8, 4) is 0 Å². The fourth-order valence-electron chi connectivity index (χ4n) is 1.57. The van der Waals surface area contributed by atoms with Crippen LogP contribution in [0.3, 0.4) is 0 Å². The van der Waals surface area contributed by atoms with Gasteiger partial charge in [-0.3, -0.25) is 0 Å². The summed E-state index contributed by atoms with van der Waals surface area (Å²) in [7, 11) is 0. The Bertz CT molecular complexity index is 349. The molecule has 2 atom stereocenters. The van der Waals surface area contributed by atoms with Gasteiger partial charge in [0.25, 0.3) is 0 Å². The van der Waals surface area contributed by atoms with Gasteiger partial charge in [-0.2, -0.15) is 0 Å². The lowest BCUT2D eigenvalue weighted by Gasteiger charge is -2.20. The number of aliphatic hydroxyl groups is 1. The number of hydrogen-bond acceptors (Lipinski definition) is 2. The molecule has 5 heteroatoms. The summed E-state index contributed by atoms with van der Waals surface area (Å²) in [6, 6.07) is 5.09. The van der Waals surface area contributed by atoms with Crippen LogP contribution in [0.5, 0.6) is 0 Å². The molecule has 0 bridgehead atoms. The van der Waals surface area contributed by atoms with E-state index in [2.05, 4.69) is 22.9 Å². The summed E-state index contributed by atoms with van der Waals surface area (Å²) in [5, 5.41) is 10.5. The minimum Gasteiger partial charge on any atom is -0.391 e. The van der Waals surface area contributed by atoms with Crippen molar-refractivity contribution in [2.24, 2.45) is 5.73 Å². The lowest BCUT2D eigenvalue weighted by molar-refractivity contribution is 0.132. The van der Waals surface area contributed by atoms with E-state index >= 15 is 0 Å². The van der Waals surface area contributed by atoms with Crippen molar-refractivity contribution >= 4 is 39.9 Å². The van der Waals surface area contributed by atoms with Crippen molar-refractivity contribution in [2.75, 3.05) is 0 Å². The van der Waals surface area contributed by atoms with Crippen molar-refractivity contribution in [3.05, 3.63) is 33.3 Å². The Labute approximate surface area is 122 Å². The number of hydrogen-bond donors (Lipinski definition) is 2. The molecule has 0 amide bonds. The summed E-state index contributed by atoms with van der Waals surface area (Å²) >= 11 is 9.43. The first-order valence-corrected chi connectivity index (χ1v) is 6.62. The smallest absolute Gasteiger partial charge is 0.0733 e. The zero-order chi connectivity index (χ0) is 12.1. The third-order valence-electron chi connectivity index (χ3n) is 2.59. The number of aliphatic hydroxyl groups excluding tert-OH is 1. The molecule has 0 unspecified atom stereocenters. The van der Waals surface area contributed by atoms with Gasteiger partial charge in [0.15, 0.2) is 0 Å². The van der Waals surface area contributed by atoms with Crippen LogP contribution in [-0.4, -0.2) is 11.2 Å². The number of unbranched alkanes of at least 4 members (excludes halogenated alkanes) is 1. The standard InChI is InChI=1S/C12H17BrClNO.ClH/c1-2-3-4-11(16)12(15)9-7-8(13)5-6-10(9)14;/h5-7,11-12,16H,2-4,15H2,1H3;1H/t11-,12+;/m0./s1. The van der Waals surface area contributed by atoms with Gasteiger partial charge in [0.2, 0.25) is 0 Å². The van der Waals surface area contributed by atoms with E-state index < -0.39 is 12.1 Å². The van der Waals surface area contributed by atoms with E-state index in [4.69, 9.17) is 17.3 Å². The summed E-state index contributed by atoms with van der Waals surface area (Å²) in [6.07, 6.45) is 2.20. The molecule has 0 aromatic heterocycles. The highest BCUT2D eigenvalue weighted by Crippen LogP contribution is 2.28. The molecule has 1 rings (SSSR count). The van der Waals surface area contributed by atoms with Crippen molar-refractivity contribution in [2.45, 2.75) is 38.3 Å². The molecule has 0 aliphatic carbocycles. The topological polar surface area (TPSA) is 46.2 Å². The Morgan fingerprint density at radius 2 is 2.12 bits per heavy atom. The molecule has 3 N–H and O–H groups in total. The van der Waals surface area contributed by atoms with Gasteiger partial charge in [0, 0.05) is 9.50 Å². The number of benzene rings is 1. The lowest BCUT2D eigenvalue weighted by Crippen LogP contribution is -2.26. The zero-order valence-electron chi connectivity index (χ0n) is 9.70. The van der Waals surface area contributed by atoms with Crippen LogP contribution in [0.15, 0.2) is 22.7 Å². The van der Waals surface area contributed by atoms with E-state index in [-0.39, 0.29) is 12.4 Å². The van der Waals surface area contributed by atoms with Gasteiger partial charge in [-0.15, -0.1) is 12.4 Å². The number of halogens is 3. The van der Waals surface area contributed by atoms with Gasteiger partial charge in [0.1, 0.15) is 0 Å². The highest BCUT2D eigenvalue weighted by Gasteiger charge is 2.18. The SMILES string of the molecule is CCCC[C@H](O)[C@H](N)c1cc(Br)ccc1Cl.Cl. The van der Waals surface area contributed by atoms with Crippen LogP contribution in [0.2, 0.25) is 5.02 Å². The molecule has 1 aromatic rings. The molecule has 2 nitrogen and oxygen atoms in total. The summed E-state index contributed by atoms with van der Waals surface area (Å²) in [6.45, 7) is 2.09. The molecule has 98 valence electrons. The number of rotatable bonds is 5. The minimum atomic E-state index is -0.535. The molecule has 0 spiro atoms. The van der Waals surface area contributed by atoms with Crippen LogP contribution in [0.1, 0.15) is 37.8 Å². The molecule has 1 aromatic carbocycles. The van der Waals surface area contributed by atoms with Gasteiger partial charge >= 0.3 is 0 Å². The second kappa shape index (κ2) is 8.33. The third kappa shape index (κ3) is 5.14. The van der Waals surface area contributed by atoms with Crippen LogP contribution >= 0.6 is 39.9 Å². The maximum absolute atomic E-state index is 9.92. The van der Waals surface area contributed by atoms with Gasteiger partial charge in [-0.05, 0) is 30.2 Å². The van der Waals surface area contributed by atoms with Crippen LogP contribution in [-0.2, 0) is 0 Å². The monoisotopic (exact) mass is 341 g/mol. The van der Waals surface area contributed by atoms with E-state index in [1.165, 1.54) is 0 Å². The molecular formula is C12H18BrCl2NO. The third-order valence-corrected chi connectivity index (χ3v) is 3.42. The Balaban J connectivity index is 0.00000256. The maximum atomic E-state index is 9.92. The molecule has 0 saturated heterocycles. The van der Waals surface area contributed by atoms with Crippen LogP contribution in [0, 0.1) is 0 Å². The average Bonchev–Trinajstić information content (AvgIpc) is 2.28. The largest absolute Gasteiger partial charge is 0.391 e. The van der Waals surface area contributed by atoms with Crippen LogP contribution < -0.4 is 5.73 Å². The highest BCUT2D eigenvalue weighted by molar-refractivity contribution is 9.10. The Morgan fingerprint density at radius 1 is 1.47 bits per heavy atom. The lowest BCUT2D eigenvalue weighted by atomic mass is 9.98. The Hall–Kier alpha value is 0.200. The van der Waals surface area contributed by atoms with E-state index in [1.54, 1.807) is 6.07 Å². The van der Waals surface area contributed by atoms with Crippen molar-refractivity contribution in [3.63, 3.8) is 0 Å². The van der Waals surface area contributed by atoms with Crippen molar-refractivity contribution in [1.82, 2.24) is 0 Å². The second-order valence-electron chi connectivity index (χ2n) is 3.90. The van der Waals surface area contributed by atoms with Gasteiger partial charge in [-0.25, -0.2) is 0 Å². The maximum Gasteiger partial charge on any atom is 0.0733 e. The number of nitrogens with two attached hydrogens (primary N) is 1. The highest BCUT2D eigenvalue weighted by atomic mass is 79.9. The first kappa shape index (κ1) is 17.2. The molecule has 17 heavy (non-hydrogen) atoms. The summed E-state index contributed by atoms with van der Waals surface area (Å²) in [4.78, 5) is 0. The average molecular weight is 343 g/mol. The molecule has 0 heterocycles. The summed E-state index contributed by atoms with van der Waals surface area (Å²) < 4.78 is 0.921. The molecule has 0 aliphatic heterocycles. The van der Waals surface area contributed by atoms with Gasteiger partial charge in [0.05, 0.1) is 12.1 Å². The predicted molar refractivity (Wildman–Crippen MR) is 78.9 cm³/mol. The van der Waals surface area contributed by atoms with Crippen molar-refractivity contribution in [1.29, 1.82) is 0 Å². The Kier molecular flexibility index (Phi) is 8.43. The summed E-state index contributed by atoms with van der Waals surface area (Å²) in [5.74, 6) is 0. The molecule has 0 aliphatic rings. The molecule has 0 radical (unpaired) electrons. The zero-order valence-corrected chi connectivity index (χ0v) is 12.9. The van der Waals surface area contributed by atoms with Gasteiger partial charge in [-0.1, -0.05) is 47.3 Å².